The van der Waals surface area contributed by atoms with Gasteiger partial charge >= 0.3 is 0 Å². The Hall–Kier alpha value is -1.09. The molecule has 70 valence electrons. The molecule has 0 radical (unpaired) electrons. The van der Waals surface area contributed by atoms with Crippen molar-refractivity contribution in [3.8, 4) is 0 Å². The summed E-state index contributed by atoms with van der Waals surface area (Å²) in [5.74, 6) is 0.415. The van der Waals surface area contributed by atoms with E-state index in [0.717, 1.165) is 5.56 Å². The Kier molecular flexibility index (Phi) is 4.26. The lowest BCUT2D eigenvalue weighted by molar-refractivity contribution is 0.293. The van der Waals surface area contributed by atoms with Crippen molar-refractivity contribution in [1.82, 2.24) is 5.01 Å². The number of alkyl halides is 1. The van der Waals surface area contributed by atoms with Crippen LogP contribution in [0.15, 0.2) is 35.6 Å². The van der Waals surface area contributed by atoms with E-state index in [2.05, 4.69) is 5.29 Å². The molecule has 0 aliphatic rings. The largest absolute Gasteiger partial charge is 0.255 e. The molecule has 0 saturated carbocycles. The summed E-state index contributed by atoms with van der Waals surface area (Å²) in [5, 5.41) is 4.28. The van der Waals surface area contributed by atoms with E-state index in [0.29, 0.717) is 19.0 Å². The third-order valence-corrected chi connectivity index (χ3v) is 1.84. The third-order valence-electron chi connectivity index (χ3n) is 1.67. The summed E-state index contributed by atoms with van der Waals surface area (Å²) in [6, 6.07) is 9.70. The van der Waals surface area contributed by atoms with Crippen molar-refractivity contribution in [1.29, 1.82) is 0 Å². The molecule has 0 bridgehead atoms. The topological polar surface area (TPSA) is 32.7 Å². The van der Waals surface area contributed by atoms with E-state index in [1.54, 1.807) is 0 Å². The summed E-state index contributed by atoms with van der Waals surface area (Å²) in [7, 11) is 0. The van der Waals surface area contributed by atoms with Crippen molar-refractivity contribution in [2.45, 2.75) is 6.54 Å². The van der Waals surface area contributed by atoms with E-state index < -0.39 is 0 Å². The van der Waals surface area contributed by atoms with Gasteiger partial charge in [0.25, 0.3) is 0 Å². The third kappa shape index (κ3) is 3.42. The Bertz CT molecular complexity index is 253. The lowest BCUT2D eigenvalue weighted by Crippen LogP contribution is -2.18. The number of nitrogens with zero attached hydrogens (tertiary/aromatic N) is 2. The van der Waals surface area contributed by atoms with Crippen molar-refractivity contribution in [2.75, 3.05) is 12.4 Å². The Labute approximate surface area is 82.3 Å². The van der Waals surface area contributed by atoms with Gasteiger partial charge in [0.05, 0.1) is 18.4 Å². The van der Waals surface area contributed by atoms with Gasteiger partial charge in [-0.15, -0.1) is 16.5 Å². The van der Waals surface area contributed by atoms with Crippen LogP contribution < -0.4 is 0 Å². The summed E-state index contributed by atoms with van der Waals surface area (Å²) in [6.45, 7) is 1.01. The van der Waals surface area contributed by atoms with Gasteiger partial charge in [-0.3, -0.25) is 5.01 Å². The zero-order valence-corrected chi connectivity index (χ0v) is 7.94. The summed E-state index contributed by atoms with van der Waals surface area (Å²) in [4.78, 5) is 10.3. The lowest BCUT2D eigenvalue weighted by Gasteiger charge is -2.12. The SMILES string of the molecule is O=NN(CCCl)Cc1ccccc1. The fourth-order valence-electron chi connectivity index (χ4n) is 1.04. The molecule has 0 amide bonds. The molecule has 0 aromatic heterocycles. The first-order valence-electron chi connectivity index (χ1n) is 4.05. The lowest BCUT2D eigenvalue weighted by atomic mass is 10.2. The number of halogens is 1. The van der Waals surface area contributed by atoms with E-state index in [-0.39, 0.29) is 0 Å². The van der Waals surface area contributed by atoms with Gasteiger partial charge in [-0.1, -0.05) is 30.3 Å². The van der Waals surface area contributed by atoms with Gasteiger partial charge in [-0.2, -0.15) is 0 Å². The first-order chi connectivity index (χ1) is 6.36. The predicted octanol–water partition coefficient (Wildman–Crippen LogP) is 2.41. The van der Waals surface area contributed by atoms with Crippen molar-refractivity contribution < 1.29 is 0 Å². The molecule has 1 rings (SSSR count). The molecule has 4 heteroatoms. The van der Waals surface area contributed by atoms with E-state index in [9.17, 15) is 4.91 Å². The monoisotopic (exact) mass is 198 g/mol. The standard InChI is InChI=1S/C9H11ClN2O/c10-6-7-12(11-13)8-9-4-2-1-3-5-9/h1-5H,6-8H2. The van der Waals surface area contributed by atoms with Crippen LogP contribution in [0.25, 0.3) is 0 Å². The van der Waals surface area contributed by atoms with Crippen LogP contribution in [-0.2, 0) is 6.54 Å². The van der Waals surface area contributed by atoms with Crippen LogP contribution in [0.5, 0.6) is 0 Å². The molecule has 1 aromatic carbocycles. The average molecular weight is 199 g/mol. The van der Waals surface area contributed by atoms with E-state index in [1.165, 1.54) is 5.01 Å². The number of rotatable bonds is 5. The van der Waals surface area contributed by atoms with Gasteiger partial charge in [0, 0.05) is 5.88 Å². The Balaban J connectivity index is 2.51. The van der Waals surface area contributed by atoms with Crippen LogP contribution in [0, 0.1) is 4.91 Å². The molecule has 0 aliphatic carbocycles. The van der Waals surface area contributed by atoms with Crippen LogP contribution in [0.4, 0.5) is 0 Å². The number of hydrogen-bond donors (Lipinski definition) is 0. The maximum atomic E-state index is 10.3. The Morgan fingerprint density at radius 1 is 1.31 bits per heavy atom. The fourth-order valence-corrected chi connectivity index (χ4v) is 1.24. The highest BCUT2D eigenvalue weighted by atomic mass is 35.5. The molecule has 0 spiro atoms. The molecule has 0 saturated heterocycles. The second-order valence-electron chi connectivity index (χ2n) is 2.64. The number of benzene rings is 1. The Morgan fingerprint density at radius 2 is 2.00 bits per heavy atom. The van der Waals surface area contributed by atoms with Gasteiger partial charge in [-0.25, -0.2) is 0 Å². The molecular weight excluding hydrogens is 188 g/mol. The van der Waals surface area contributed by atoms with Crippen molar-refractivity contribution in [2.24, 2.45) is 5.29 Å². The number of hydrogen-bond acceptors (Lipinski definition) is 2. The summed E-state index contributed by atoms with van der Waals surface area (Å²) >= 11 is 5.50. The van der Waals surface area contributed by atoms with Gasteiger partial charge < -0.3 is 0 Å². The summed E-state index contributed by atoms with van der Waals surface area (Å²) < 4.78 is 0. The molecule has 0 atom stereocenters. The molecule has 0 aliphatic heterocycles. The maximum absolute atomic E-state index is 10.3. The molecule has 3 nitrogen and oxygen atoms in total. The van der Waals surface area contributed by atoms with E-state index in [1.807, 2.05) is 30.3 Å². The quantitative estimate of drug-likeness (QED) is 0.414. The summed E-state index contributed by atoms with van der Waals surface area (Å²) in [5.41, 5.74) is 1.06. The second-order valence-corrected chi connectivity index (χ2v) is 3.02. The van der Waals surface area contributed by atoms with Crippen molar-refractivity contribution in [3.63, 3.8) is 0 Å². The molecule has 0 heterocycles. The zero-order chi connectivity index (χ0) is 9.52. The van der Waals surface area contributed by atoms with Crippen LogP contribution in [-0.4, -0.2) is 17.4 Å². The molecule has 0 N–H and O–H groups in total. The fraction of sp³-hybridized carbons (Fsp3) is 0.333. The van der Waals surface area contributed by atoms with Crippen LogP contribution in [0.2, 0.25) is 0 Å². The molecule has 0 fully saturated rings. The van der Waals surface area contributed by atoms with E-state index in [4.69, 9.17) is 11.6 Å². The second kappa shape index (κ2) is 5.54. The molecular formula is C9H11ClN2O. The highest BCUT2D eigenvalue weighted by Gasteiger charge is 2.01. The van der Waals surface area contributed by atoms with Crippen molar-refractivity contribution >= 4 is 11.6 Å². The maximum Gasteiger partial charge on any atom is 0.0643 e. The van der Waals surface area contributed by atoms with Gasteiger partial charge in [-0.05, 0) is 5.56 Å². The highest BCUT2D eigenvalue weighted by molar-refractivity contribution is 6.18. The Morgan fingerprint density at radius 3 is 2.54 bits per heavy atom. The summed E-state index contributed by atoms with van der Waals surface area (Å²) in [6.07, 6.45) is 0. The van der Waals surface area contributed by atoms with Gasteiger partial charge in [0.15, 0.2) is 0 Å². The molecule has 1 aromatic rings. The first-order valence-corrected chi connectivity index (χ1v) is 4.58. The van der Waals surface area contributed by atoms with Crippen LogP contribution in [0.3, 0.4) is 0 Å². The number of nitroso groups, excluding NO2 is 1. The average Bonchev–Trinajstić information content (AvgIpc) is 2.19. The van der Waals surface area contributed by atoms with Crippen LogP contribution in [0.1, 0.15) is 5.56 Å². The van der Waals surface area contributed by atoms with Gasteiger partial charge in [0.1, 0.15) is 0 Å². The highest BCUT2D eigenvalue weighted by Crippen LogP contribution is 2.04. The minimum Gasteiger partial charge on any atom is -0.255 e. The zero-order valence-electron chi connectivity index (χ0n) is 7.19. The van der Waals surface area contributed by atoms with E-state index >= 15 is 0 Å². The molecule has 13 heavy (non-hydrogen) atoms. The predicted molar refractivity (Wildman–Crippen MR) is 53.4 cm³/mol. The normalized spacial score (nSPS) is 9.62. The molecule has 0 unspecified atom stereocenters. The van der Waals surface area contributed by atoms with Crippen LogP contribution >= 0.6 is 11.6 Å². The van der Waals surface area contributed by atoms with Gasteiger partial charge in [0.2, 0.25) is 0 Å². The first kappa shape index (κ1) is 9.99. The smallest absolute Gasteiger partial charge is 0.0643 e. The minimum atomic E-state index is 0.415. The minimum absolute atomic E-state index is 0.415. The van der Waals surface area contributed by atoms with Crippen molar-refractivity contribution in [3.05, 3.63) is 40.8 Å².